The monoisotopic (exact) mass is 269 g/mol. The summed E-state index contributed by atoms with van der Waals surface area (Å²) in [5.74, 6) is 0.706. The van der Waals surface area contributed by atoms with Crippen molar-refractivity contribution in [2.24, 2.45) is 7.05 Å². The van der Waals surface area contributed by atoms with Crippen molar-refractivity contribution in [1.29, 1.82) is 0 Å². The lowest BCUT2D eigenvalue weighted by Gasteiger charge is -2.03. The van der Waals surface area contributed by atoms with Crippen molar-refractivity contribution in [3.63, 3.8) is 0 Å². The third-order valence-corrected chi connectivity index (χ3v) is 2.52. The number of halogens is 1. The van der Waals surface area contributed by atoms with Gasteiger partial charge in [0.1, 0.15) is 10.8 Å². The Morgan fingerprint density at radius 2 is 2.27 bits per heavy atom. The zero-order valence-corrected chi connectivity index (χ0v) is 9.55. The molecule has 0 aliphatic rings. The van der Waals surface area contributed by atoms with Crippen molar-refractivity contribution >= 4 is 15.9 Å². The smallest absolute Gasteiger partial charge is 0.268 e. The first kappa shape index (κ1) is 10.0. The summed E-state index contributed by atoms with van der Waals surface area (Å²) in [4.78, 5) is 15.5. The van der Waals surface area contributed by atoms with Crippen LogP contribution in [0, 0.1) is 0 Å². The van der Waals surface area contributed by atoms with E-state index in [0.29, 0.717) is 16.8 Å². The molecular weight excluding hydrogens is 262 g/mol. The van der Waals surface area contributed by atoms with Crippen LogP contribution in [0.15, 0.2) is 28.1 Å². The largest absolute Gasteiger partial charge is 0.319 e. The zero-order chi connectivity index (χ0) is 10.8. The van der Waals surface area contributed by atoms with Gasteiger partial charge in [0.2, 0.25) is 0 Å². The summed E-state index contributed by atoms with van der Waals surface area (Å²) in [5.41, 5.74) is -0.131. The Balaban J connectivity index is 2.37. The van der Waals surface area contributed by atoms with Gasteiger partial charge in [0.25, 0.3) is 5.56 Å². The van der Waals surface area contributed by atoms with Gasteiger partial charge in [-0.3, -0.25) is 9.36 Å². The van der Waals surface area contributed by atoms with Gasteiger partial charge in [-0.1, -0.05) is 0 Å². The summed E-state index contributed by atoms with van der Waals surface area (Å²) in [6.07, 6.45) is 4.53. The highest BCUT2D eigenvalue weighted by Crippen LogP contribution is 2.00. The lowest BCUT2D eigenvalue weighted by atomic mass is 10.5. The quantitative estimate of drug-likeness (QED) is 0.781. The molecule has 0 spiro atoms. The Hall–Kier alpha value is -1.50. The minimum atomic E-state index is -0.131. The van der Waals surface area contributed by atoms with Gasteiger partial charge in [0.05, 0.1) is 12.9 Å². The second kappa shape index (κ2) is 3.93. The maximum Gasteiger partial charge on any atom is 0.268 e. The fourth-order valence-corrected chi connectivity index (χ4v) is 1.49. The van der Waals surface area contributed by atoms with Gasteiger partial charge < -0.3 is 4.57 Å². The molecule has 0 aliphatic carbocycles. The Morgan fingerprint density at radius 1 is 1.47 bits per heavy atom. The third kappa shape index (κ3) is 1.96. The predicted octanol–water partition coefficient (Wildman–Crippen LogP) is 0.183. The standard InChI is InChI=1S/C8H8BrN5O/c1-13-5-11-12-7(13)3-14-4-10-2-6(9)8(14)15/h2,4-5H,3H2,1H3. The van der Waals surface area contributed by atoms with Crippen LogP contribution in [-0.2, 0) is 13.6 Å². The molecular formula is C8H8BrN5O. The molecule has 7 heteroatoms. The Bertz CT molecular complexity index is 532. The van der Waals surface area contributed by atoms with E-state index in [1.165, 1.54) is 17.1 Å². The van der Waals surface area contributed by atoms with Crippen molar-refractivity contribution in [3.8, 4) is 0 Å². The van der Waals surface area contributed by atoms with Crippen LogP contribution < -0.4 is 5.56 Å². The average Bonchev–Trinajstić information content (AvgIpc) is 2.60. The van der Waals surface area contributed by atoms with Crippen LogP contribution in [0.1, 0.15) is 5.82 Å². The molecule has 0 bridgehead atoms. The number of rotatable bonds is 2. The second-order valence-electron chi connectivity index (χ2n) is 3.03. The minimum absolute atomic E-state index is 0.131. The van der Waals surface area contributed by atoms with Crippen molar-refractivity contribution < 1.29 is 0 Å². The van der Waals surface area contributed by atoms with Crippen LogP contribution in [0.2, 0.25) is 0 Å². The lowest BCUT2D eigenvalue weighted by Crippen LogP contribution is -2.22. The summed E-state index contributed by atoms with van der Waals surface area (Å²) < 4.78 is 3.66. The van der Waals surface area contributed by atoms with Gasteiger partial charge in [-0.05, 0) is 15.9 Å². The lowest BCUT2D eigenvalue weighted by molar-refractivity contribution is 0.661. The summed E-state index contributed by atoms with van der Waals surface area (Å²) in [5, 5.41) is 7.63. The number of hydrogen-bond donors (Lipinski definition) is 0. The number of hydrogen-bond acceptors (Lipinski definition) is 4. The van der Waals surface area contributed by atoms with Crippen molar-refractivity contribution in [1.82, 2.24) is 24.3 Å². The minimum Gasteiger partial charge on any atom is -0.319 e. The van der Waals surface area contributed by atoms with Crippen LogP contribution >= 0.6 is 15.9 Å². The third-order valence-electron chi connectivity index (χ3n) is 1.98. The highest BCUT2D eigenvalue weighted by atomic mass is 79.9. The van der Waals surface area contributed by atoms with E-state index in [-0.39, 0.29) is 5.56 Å². The van der Waals surface area contributed by atoms with E-state index in [1.54, 1.807) is 10.9 Å². The molecule has 0 aliphatic heterocycles. The molecule has 2 aromatic rings. The fourth-order valence-electron chi connectivity index (χ4n) is 1.14. The van der Waals surface area contributed by atoms with Crippen LogP contribution in [0.4, 0.5) is 0 Å². The summed E-state index contributed by atoms with van der Waals surface area (Å²) in [6.45, 7) is 0.363. The van der Waals surface area contributed by atoms with E-state index in [4.69, 9.17) is 0 Å². The molecule has 2 heterocycles. The maximum atomic E-state index is 11.6. The molecule has 0 amide bonds. The molecule has 0 atom stereocenters. The molecule has 2 rings (SSSR count). The number of aromatic nitrogens is 5. The fraction of sp³-hybridized carbons (Fsp3) is 0.250. The summed E-state index contributed by atoms with van der Waals surface area (Å²) in [7, 11) is 1.83. The van der Waals surface area contributed by atoms with Gasteiger partial charge in [-0.2, -0.15) is 0 Å². The number of nitrogens with zero attached hydrogens (tertiary/aromatic N) is 5. The molecule has 0 radical (unpaired) electrons. The van der Waals surface area contributed by atoms with Gasteiger partial charge in [0.15, 0.2) is 5.82 Å². The van der Waals surface area contributed by atoms with Crippen LogP contribution in [0.3, 0.4) is 0 Å². The topological polar surface area (TPSA) is 65.6 Å². The first-order valence-electron chi connectivity index (χ1n) is 4.21. The van der Waals surface area contributed by atoms with Crippen molar-refractivity contribution in [3.05, 3.63) is 39.5 Å². The Labute approximate surface area is 93.7 Å². The van der Waals surface area contributed by atoms with Gasteiger partial charge in [-0.25, -0.2) is 4.98 Å². The molecule has 6 nitrogen and oxygen atoms in total. The first-order chi connectivity index (χ1) is 7.18. The Morgan fingerprint density at radius 3 is 2.93 bits per heavy atom. The van der Waals surface area contributed by atoms with E-state index in [0.717, 1.165) is 0 Å². The van der Waals surface area contributed by atoms with Gasteiger partial charge in [-0.15, -0.1) is 10.2 Å². The van der Waals surface area contributed by atoms with E-state index in [9.17, 15) is 4.79 Å². The Kier molecular flexibility index (Phi) is 2.63. The van der Waals surface area contributed by atoms with Gasteiger partial charge >= 0.3 is 0 Å². The summed E-state index contributed by atoms with van der Waals surface area (Å²) >= 11 is 3.13. The molecule has 0 unspecified atom stereocenters. The van der Waals surface area contributed by atoms with Crippen LogP contribution in [-0.4, -0.2) is 24.3 Å². The SMILES string of the molecule is Cn1cnnc1Cn1cncc(Br)c1=O. The molecule has 2 aromatic heterocycles. The molecule has 15 heavy (non-hydrogen) atoms. The van der Waals surface area contributed by atoms with Crippen LogP contribution in [0.5, 0.6) is 0 Å². The van der Waals surface area contributed by atoms with Gasteiger partial charge in [0, 0.05) is 13.2 Å². The van der Waals surface area contributed by atoms with Crippen molar-refractivity contribution in [2.75, 3.05) is 0 Å². The van der Waals surface area contributed by atoms with E-state index in [1.807, 2.05) is 7.05 Å². The maximum absolute atomic E-state index is 11.6. The van der Waals surface area contributed by atoms with Crippen molar-refractivity contribution in [2.45, 2.75) is 6.54 Å². The molecule has 0 saturated heterocycles. The molecule has 0 N–H and O–H groups in total. The van der Waals surface area contributed by atoms with E-state index in [2.05, 4.69) is 31.1 Å². The first-order valence-corrected chi connectivity index (χ1v) is 5.00. The summed E-state index contributed by atoms with van der Waals surface area (Å²) in [6, 6.07) is 0. The average molecular weight is 270 g/mol. The highest BCUT2D eigenvalue weighted by Gasteiger charge is 2.05. The normalized spacial score (nSPS) is 10.5. The number of aryl methyl sites for hydroxylation is 1. The molecule has 0 aromatic carbocycles. The zero-order valence-electron chi connectivity index (χ0n) is 7.96. The second-order valence-corrected chi connectivity index (χ2v) is 3.89. The predicted molar refractivity (Wildman–Crippen MR) is 56.3 cm³/mol. The molecule has 0 fully saturated rings. The molecule has 78 valence electrons. The van der Waals surface area contributed by atoms with E-state index >= 15 is 0 Å². The van der Waals surface area contributed by atoms with Crippen LogP contribution in [0.25, 0.3) is 0 Å². The highest BCUT2D eigenvalue weighted by molar-refractivity contribution is 9.10. The van der Waals surface area contributed by atoms with E-state index < -0.39 is 0 Å². The molecule has 0 saturated carbocycles.